The fourth-order valence-electron chi connectivity index (χ4n) is 4.02. The summed E-state index contributed by atoms with van der Waals surface area (Å²) in [6, 6.07) is 29.9. The molecular weight excluding hydrogens is 448 g/mol. The maximum atomic E-state index is 6.31. The summed E-state index contributed by atoms with van der Waals surface area (Å²) in [6.07, 6.45) is 4.43. The van der Waals surface area contributed by atoms with Gasteiger partial charge in [-0.15, -0.1) is 0 Å². The van der Waals surface area contributed by atoms with Gasteiger partial charge in [0.05, 0.1) is 17.8 Å². The van der Waals surface area contributed by atoms with Crippen LogP contribution in [0.1, 0.15) is 22.4 Å². The van der Waals surface area contributed by atoms with Crippen LogP contribution in [0.5, 0.6) is 17.2 Å². The van der Waals surface area contributed by atoms with E-state index in [-0.39, 0.29) is 0 Å². The second kappa shape index (κ2) is 11.4. The van der Waals surface area contributed by atoms with Gasteiger partial charge in [-0.3, -0.25) is 4.98 Å². The maximum absolute atomic E-state index is 6.31. The monoisotopic (exact) mass is 476 g/mol. The summed E-state index contributed by atoms with van der Waals surface area (Å²) >= 11 is 0. The zero-order valence-corrected chi connectivity index (χ0v) is 20.3. The Morgan fingerprint density at radius 2 is 1.47 bits per heavy atom. The molecule has 0 aliphatic rings. The third-order valence-electron chi connectivity index (χ3n) is 5.97. The van der Waals surface area contributed by atoms with Gasteiger partial charge >= 0.3 is 0 Å². The van der Waals surface area contributed by atoms with Crippen LogP contribution in [0.3, 0.4) is 0 Å². The molecule has 3 aromatic carbocycles. The van der Waals surface area contributed by atoms with E-state index in [2.05, 4.69) is 17.1 Å². The van der Waals surface area contributed by atoms with Gasteiger partial charge in [-0.1, -0.05) is 54.6 Å². The van der Waals surface area contributed by atoms with Gasteiger partial charge in [0, 0.05) is 35.8 Å². The number of hydrogen-bond donors (Lipinski definition) is 0. The molecule has 2 aromatic heterocycles. The van der Waals surface area contributed by atoms with Crippen LogP contribution >= 0.6 is 0 Å². The normalized spacial score (nSPS) is 10.8. The molecule has 5 nitrogen and oxygen atoms in total. The van der Waals surface area contributed by atoms with Crippen molar-refractivity contribution in [2.75, 3.05) is 6.61 Å². The lowest BCUT2D eigenvalue weighted by Crippen LogP contribution is -2.06. The summed E-state index contributed by atoms with van der Waals surface area (Å²) in [5.41, 5.74) is 4.98. The number of hydrogen-bond acceptors (Lipinski definition) is 5. The van der Waals surface area contributed by atoms with Gasteiger partial charge < -0.3 is 14.2 Å². The van der Waals surface area contributed by atoms with Crippen molar-refractivity contribution >= 4 is 10.9 Å². The minimum Gasteiger partial charge on any atom is -0.493 e. The number of benzene rings is 3. The molecule has 0 fully saturated rings. The van der Waals surface area contributed by atoms with E-state index >= 15 is 0 Å². The van der Waals surface area contributed by atoms with E-state index in [0.717, 1.165) is 57.0 Å². The largest absolute Gasteiger partial charge is 0.493 e. The molecule has 5 aromatic rings. The molecule has 5 heteroatoms. The van der Waals surface area contributed by atoms with Crippen LogP contribution in [0, 0.1) is 6.92 Å². The van der Waals surface area contributed by atoms with Crippen molar-refractivity contribution in [2.24, 2.45) is 0 Å². The molecule has 0 atom stereocenters. The number of fused-ring (bicyclic) bond motifs is 1. The third kappa shape index (κ3) is 5.81. The summed E-state index contributed by atoms with van der Waals surface area (Å²) in [7, 11) is 0. The lowest BCUT2D eigenvalue weighted by atomic mass is 10.1. The van der Waals surface area contributed by atoms with E-state index in [0.29, 0.717) is 19.8 Å². The fraction of sp³-hybridized carbons (Fsp3) is 0.161. The smallest absolute Gasteiger partial charge is 0.134 e. The first-order valence-corrected chi connectivity index (χ1v) is 12.1. The van der Waals surface area contributed by atoms with Crippen LogP contribution in [-0.2, 0) is 19.6 Å². The molecule has 0 aliphatic carbocycles. The van der Waals surface area contributed by atoms with Crippen LogP contribution in [0.25, 0.3) is 10.9 Å². The molecule has 36 heavy (non-hydrogen) atoms. The molecule has 0 saturated carbocycles. The Labute approximate surface area is 211 Å². The molecule has 0 unspecified atom stereocenters. The Morgan fingerprint density at radius 1 is 0.694 bits per heavy atom. The first kappa shape index (κ1) is 23.4. The topological polar surface area (TPSA) is 53.5 Å². The summed E-state index contributed by atoms with van der Waals surface area (Å²) < 4.78 is 18.4. The number of ether oxygens (including phenoxy) is 3. The van der Waals surface area contributed by atoms with Gasteiger partial charge in [-0.05, 0) is 48.4 Å². The van der Waals surface area contributed by atoms with E-state index in [1.165, 1.54) is 0 Å². The first-order chi connectivity index (χ1) is 17.8. The average molecular weight is 477 g/mol. The van der Waals surface area contributed by atoms with E-state index < -0.39 is 0 Å². The number of aromatic nitrogens is 2. The van der Waals surface area contributed by atoms with Gasteiger partial charge in [0.1, 0.15) is 30.5 Å². The molecule has 180 valence electrons. The van der Waals surface area contributed by atoms with Crippen molar-refractivity contribution in [1.82, 2.24) is 9.97 Å². The predicted octanol–water partition coefficient (Wildman–Crippen LogP) is 6.72. The number of para-hydroxylation sites is 1. The fourth-order valence-corrected chi connectivity index (χ4v) is 4.02. The van der Waals surface area contributed by atoms with Crippen LogP contribution in [0.15, 0.2) is 103 Å². The first-order valence-electron chi connectivity index (χ1n) is 12.1. The Hall–Kier alpha value is -4.38. The van der Waals surface area contributed by atoms with Crippen LogP contribution < -0.4 is 14.2 Å². The molecule has 0 aliphatic heterocycles. The Balaban J connectivity index is 1.28. The van der Waals surface area contributed by atoms with E-state index in [9.17, 15) is 0 Å². The van der Waals surface area contributed by atoms with Gasteiger partial charge in [0.25, 0.3) is 0 Å². The zero-order valence-electron chi connectivity index (χ0n) is 20.3. The second-order valence-corrected chi connectivity index (χ2v) is 8.53. The maximum Gasteiger partial charge on any atom is 0.134 e. The highest BCUT2D eigenvalue weighted by Gasteiger charge is 2.14. The summed E-state index contributed by atoms with van der Waals surface area (Å²) in [5, 5.41) is 0.999. The van der Waals surface area contributed by atoms with Crippen molar-refractivity contribution in [3.05, 3.63) is 126 Å². The van der Waals surface area contributed by atoms with Crippen LogP contribution in [0.4, 0.5) is 0 Å². The van der Waals surface area contributed by atoms with E-state index in [1.807, 2.05) is 92.0 Å². The molecule has 0 bridgehead atoms. The van der Waals surface area contributed by atoms with Gasteiger partial charge in [-0.25, -0.2) is 4.98 Å². The summed E-state index contributed by atoms with van der Waals surface area (Å²) in [5.74, 6) is 2.34. The minimum atomic E-state index is 0.331. The molecule has 0 N–H and O–H groups in total. The molecular formula is C31H28N2O3. The van der Waals surface area contributed by atoms with Crippen molar-refractivity contribution < 1.29 is 14.2 Å². The van der Waals surface area contributed by atoms with Gasteiger partial charge in [0.15, 0.2) is 0 Å². The second-order valence-electron chi connectivity index (χ2n) is 8.53. The van der Waals surface area contributed by atoms with Crippen LogP contribution in [-0.4, -0.2) is 16.6 Å². The van der Waals surface area contributed by atoms with Gasteiger partial charge in [0.2, 0.25) is 0 Å². The minimum absolute atomic E-state index is 0.331. The van der Waals surface area contributed by atoms with Crippen LogP contribution in [0.2, 0.25) is 0 Å². The summed E-state index contributed by atoms with van der Waals surface area (Å²) in [4.78, 5) is 9.02. The molecule has 0 radical (unpaired) electrons. The Kier molecular flexibility index (Phi) is 7.38. The van der Waals surface area contributed by atoms with Gasteiger partial charge in [-0.2, -0.15) is 0 Å². The van der Waals surface area contributed by atoms with Crippen molar-refractivity contribution in [1.29, 1.82) is 0 Å². The van der Waals surface area contributed by atoms with Crippen molar-refractivity contribution in [2.45, 2.75) is 26.6 Å². The average Bonchev–Trinajstić information content (AvgIpc) is 2.93. The molecule has 0 saturated heterocycles. The SMILES string of the molecule is Cc1c(COc2cccc(OCCc3cccnc3)c2)nc2ccccc2c1OCc1ccccc1. The lowest BCUT2D eigenvalue weighted by molar-refractivity contribution is 0.287. The van der Waals surface area contributed by atoms with E-state index in [4.69, 9.17) is 19.2 Å². The highest BCUT2D eigenvalue weighted by molar-refractivity contribution is 5.86. The highest BCUT2D eigenvalue weighted by atomic mass is 16.5. The number of rotatable bonds is 10. The molecule has 2 heterocycles. The molecule has 0 spiro atoms. The zero-order chi connectivity index (χ0) is 24.6. The molecule has 0 amide bonds. The standard InChI is InChI=1S/C31H28N2O3/c1-23-30(22-35-27-13-7-12-26(19-27)34-18-16-24-11-8-17-32-20-24)33-29-15-6-5-14-28(29)31(23)36-21-25-9-3-2-4-10-25/h2-15,17,19-20H,16,18,21-22H2,1H3. The number of nitrogens with zero attached hydrogens (tertiary/aromatic N) is 2. The third-order valence-corrected chi connectivity index (χ3v) is 5.97. The predicted molar refractivity (Wildman–Crippen MR) is 141 cm³/mol. The Bertz CT molecular complexity index is 1420. The summed E-state index contributed by atoms with van der Waals surface area (Å²) in [6.45, 7) is 3.44. The van der Waals surface area contributed by atoms with Crippen molar-refractivity contribution in [3.63, 3.8) is 0 Å². The highest BCUT2D eigenvalue weighted by Crippen LogP contribution is 2.32. The lowest BCUT2D eigenvalue weighted by Gasteiger charge is -2.16. The van der Waals surface area contributed by atoms with E-state index in [1.54, 1.807) is 6.20 Å². The number of pyridine rings is 2. The van der Waals surface area contributed by atoms with Crippen molar-refractivity contribution in [3.8, 4) is 17.2 Å². The molecule has 5 rings (SSSR count). The Morgan fingerprint density at radius 3 is 2.31 bits per heavy atom. The quantitative estimate of drug-likeness (QED) is 0.224.